The van der Waals surface area contributed by atoms with E-state index in [1.54, 1.807) is 0 Å². The molecule has 0 bridgehead atoms. The highest BCUT2D eigenvalue weighted by Gasteiger charge is 2.51. The predicted octanol–water partition coefficient (Wildman–Crippen LogP) is 2.30. The largest absolute Gasteiger partial charge is 0.480 e. The van der Waals surface area contributed by atoms with Gasteiger partial charge in [-0.25, -0.2) is 4.79 Å². The quantitative estimate of drug-likeness (QED) is 0.865. The van der Waals surface area contributed by atoms with Crippen LogP contribution in [0.1, 0.15) is 43.6 Å². The van der Waals surface area contributed by atoms with Crippen LogP contribution in [0.3, 0.4) is 0 Å². The van der Waals surface area contributed by atoms with Crippen LogP contribution >= 0.6 is 0 Å². The number of hydrogen-bond acceptors (Lipinski definition) is 2. The summed E-state index contributed by atoms with van der Waals surface area (Å²) in [4.78, 5) is 22.9. The molecule has 20 heavy (non-hydrogen) atoms. The fraction of sp³-hybridized carbons (Fsp3) is 0.500. The second kappa shape index (κ2) is 4.93. The van der Waals surface area contributed by atoms with Crippen LogP contribution in [0.25, 0.3) is 0 Å². The van der Waals surface area contributed by atoms with E-state index in [9.17, 15) is 9.59 Å². The lowest BCUT2D eigenvalue weighted by atomic mass is 9.70. The maximum atomic E-state index is 11.9. The Kier molecular flexibility index (Phi) is 3.24. The molecule has 0 aromatic heterocycles. The minimum atomic E-state index is -0.945. The molecule has 0 atom stereocenters. The van der Waals surface area contributed by atoms with Crippen molar-refractivity contribution in [3.05, 3.63) is 35.9 Å². The first-order valence-corrected chi connectivity index (χ1v) is 7.18. The van der Waals surface area contributed by atoms with Gasteiger partial charge in [-0.1, -0.05) is 30.3 Å². The van der Waals surface area contributed by atoms with Crippen LogP contribution in [-0.2, 0) is 9.59 Å². The average molecular weight is 273 g/mol. The summed E-state index contributed by atoms with van der Waals surface area (Å²) < 4.78 is 0. The van der Waals surface area contributed by atoms with Crippen molar-refractivity contribution in [1.82, 2.24) is 5.32 Å². The molecule has 2 aliphatic rings. The Labute approximate surface area is 118 Å². The molecule has 0 saturated heterocycles. The molecular weight excluding hydrogens is 254 g/mol. The topological polar surface area (TPSA) is 66.4 Å². The number of carboxylic acids is 1. The monoisotopic (exact) mass is 273 g/mol. The number of rotatable bonds is 5. The molecule has 0 aliphatic heterocycles. The first-order chi connectivity index (χ1) is 9.59. The fourth-order valence-corrected chi connectivity index (χ4v) is 3.00. The minimum absolute atomic E-state index is 0.110. The fourth-order valence-electron chi connectivity index (χ4n) is 3.00. The zero-order valence-corrected chi connectivity index (χ0v) is 11.3. The molecule has 0 radical (unpaired) electrons. The van der Waals surface area contributed by atoms with Gasteiger partial charge in [0, 0.05) is 6.42 Å². The molecule has 2 saturated carbocycles. The van der Waals surface area contributed by atoms with Gasteiger partial charge in [0.2, 0.25) is 5.91 Å². The summed E-state index contributed by atoms with van der Waals surface area (Å²) in [6.45, 7) is 0. The molecule has 4 nitrogen and oxygen atoms in total. The zero-order chi connectivity index (χ0) is 14.2. The Morgan fingerprint density at radius 1 is 1.20 bits per heavy atom. The standard InChI is InChI=1S/C16H19NO3/c18-14(17-16(6-7-16)15(19)20)10-11-8-13(9-11)12-4-2-1-3-5-12/h1-5,11,13H,6-10H2,(H,17,18)(H,19,20). The Bertz CT molecular complexity index is 516. The Morgan fingerprint density at radius 2 is 1.85 bits per heavy atom. The summed E-state index contributed by atoms with van der Waals surface area (Å²) in [6, 6.07) is 10.3. The Balaban J connectivity index is 1.45. The van der Waals surface area contributed by atoms with E-state index in [1.807, 2.05) is 18.2 Å². The van der Waals surface area contributed by atoms with Gasteiger partial charge in [0.1, 0.15) is 5.54 Å². The lowest BCUT2D eigenvalue weighted by Gasteiger charge is -2.35. The van der Waals surface area contributed by atoms with Gasteiger partial charge < -0.3 is 10.4 Å². The van der Waals surface area contributed by atoms with Crippen molar-refractivity contribution in [3.63, 3.8) is 0 Å². The molecule has 106 valence electrons. The molecule has 2 aliphatic carbocycles. The third-order valence-corrected chi connectivity index (χ3v) is 4.52. The van der Waals surface area contributed by atoms with Crippen LogP contribution in [0.5, 0.6) is 0 Å². The van der Waals surface area contributed by atoms with Gasteiger partial charge in [0.05, 0.1) is 0 Å². The smallest absolute Gasteiger partial charge is 0.329 e. The second-order valence-electron chi connectivity index (χ2n) is 6.08. The third-order valence-electron chi connectivity index (χ3n) is 4.52. The van der Waals surface area contributed by atoms with Crippen molar-refractivity contribution in [1.29, 1.82) is 0 Å². The number of carbonyl (C=O) groups is 2. The summed E-state index contributed by atoms with van der Waals surface area (Å²) in [5.74, 6) is -0.0591. The van der Waals surface area contributed by atoms with Crippen LogP contribution in [0.4, 0.5) is 0 Å². The molecular formula is C16H19NO3. The van der Waals surface area contributed by atoms with Crippen LogP contribution in [0.2, 0.25) is 0 Å². The van der Waals surface area contributed by atoms with Crippen molar-refractivity contribution in [2.45, 2.75) is 43.6 Å². The molecule has 4 heteroatoms. The Morgan fingerprint density at radius 3 is 2.40 bits per heavy atom. The third kappa shape index (κ3) is 2.55. The summed E-state index contributed by atoms with van der Waals surface area (Å²) in [5.41, 5.74) is 0.396. The van der Waals surface area contributed by atoms with Gasteiger partial charge in [-0.2, -0.15) is 0 Å². The molecule has 3 rings (SSSR count). The van der Waals surface area contributed by atoms with Gasteiger partial charge in [0.15, 0.2) is 0 Å². The van der Waals surface area contributed by atoms with Crippen molar-refractivity contribution < 1.29 is 14.7 Å². The first kappa shape index (κ1) is 13.2. The highest BCUT2D eigenvalue weighted by Crippen LogP contribution is 2.43. The Hall–Kier alpha value is -1.84. The number of carboxylic acid groups (broad SMARTS) is 1. The van der Waals surface area contributed by atoms with Crippen LogP contribution < -0.4 is 5.32 Å². The summed E-state index contributed by atoms with van der Waals surface area (Å²) in [5, 5.41) is 11.7. The van der Waals surface area contributed by atoms with Gasteiger partial charge >= 0.3 is 5.97 Å². The average Bonchev–Trinajstić information content (AvgIpc) is 3.15. The summed E-state index contributed by atoms with van der Waals surface area (Å²) in [6.07, 6.45) is 3.63. The van der Waals surface area contributed by atoms with E-state index in [4.69, 9.17) is 5.11 Å². The molecule has 2 N–H and O–H groups in total. The van der Waals surface area contributed by atoms with Gasteiger partial charge in [-0.15, -0.1) is 0 Å². The van der Waals surface area contributed by atoms with E-state index < -0.39 is 11.5 Å². The minimum Gasteiger partial charge on any atom is -0.480 e. The number of amides is 1. The van der Waals surface area contributed by atoms with Gasteiger partial charge in [0.25, 0.3) is 0 Å². The molecule has 2 fully saturated rings. The van der Waals surface area contributed by atoms with E-state index in [-0.39, 0.29) is 5.91 Å². The van der Waals surface area contributed by atoms with E-state index in [1.165, 1.54) is 5.56 Å². The van der Waals surface area contributed by atoms with E-state index in [0.717, 1.165) is 12.8 Å². The lowest BCUT2D eigenvalue weighted by Crippen LogP contribution is -2.44. The van der Waals surface area contributed by atoms with Gasteiger partial charge in [-0.05, 0) is 43.1 Å². The van der Waals surface area contributed by atoms with E-state index in [2.05, 4.69) is 17.4 Å². The highest BCUT2D eigenvalue weighted by molar-refractivity contribution is 5.89. The SMILES string of the molecule is O=C(CC1CC(c2ccccc2)C1)NC1(C(=O)O)CC1. The lowest BCUT2D eigenvalue weighted by molar-refractivity contribution is -0.143. The number of benzene rings is 1. The number of carbonyl (C=O) groups excluding carboxylic acids is 1. The van der Waals surface area contributed by atoms with E-state index in [0.29, 0.717) is 31.1 Å². The first-order valence-electron chi connectivity index (χ1n) is 7.18. The van der Waals surface area contributed by atoms with Crippen molar-refractivity contribution in [2.75, 3.05) is 0 Å². The van der Waals surface area contributed by atoms with Crippen molar-refractivity contribution >= 4 is 11.9 Å². The maximum Gasteiger partial charge on any atom is 0.329 e. The normalized spacial score (nSPS) is 26.4. The molecule has 1 aromatic carbocycles. The molecule has 0 heterocycles. The molecule has 0 spiro atoms. The number of nitrogens with one attached hydrogen (secondary N) is 1. The van der Waals surface area contributed by atoms with Crippen LogP contribution in [0.15, 0.2) is 30.3 Å². The van der Waals surface area contributed by atoms with Crippen molar-refractivity contribution in [3.8, 4) is 0 Å². The molecule has 0 unspecified atom stereocenters. The summed E-state index contributed by atoms with van der Waals surface area (Å²) >= 11 is 0. The molecule has 1 aromatic rings. The van der Waals surface area contributed by atoms with E-state index >= 15 is 0 Å². The van der Waals surface area contributed by atoms with Crippen molar-refractivity contribution in [2.24, 2.45) is 5.92 Å². The molecule has 1 amide bonds. The highest BCUT2D eigenvalue weighted by atomic mass is 16.4. The number of aliphatic carboxylic acids is 1. The predicted molar refractivity (Wildman–Crippen MR) is 74.3 cm³/mol. The summed E-state index contributed by atoms with van der Waals surface area (Å²) in [7, 11) is 0. The zero-order valence-electron chi connectivity index (χ0n) is 11.3. The van der Waals surface area contributed by atoms with Gasteiger partial charge in [-0.3, -0.25) is 4.79 Å². The maximum absolute atomic E-state index is 11.9. The number of hydrogen-bond donors (Lipinski definition) is 2. The van der Waals surface area contributed by atoms with Crippen LogP contribution in [0, 0.1) is 5.92 Å². The van der Waals surface area contributed by atoms with Crippen LogP contribution in [-0.4, -0.2) is 22.5 Å². The second-order valence-corrected chi connectivity index (χ2v) is 6.08.